The molecule has 5 rings (SSSR count). The van der Waals surface area contributed by atoms with Crippen molar-refractivity contribution in [2.45, 2.75) is 64.7 Å². The molecular weight excluding hydrogens is 589 g/mol. The molecule has 0 aliphatic carbocycles. The average Bonchev–Trinajstić information content (AvgIpc) is 3.26. The van der Waals surface area contributed by atoms with Crippen LogP contribution in [0.15, 0.2) is 109 Å². The standard InChI is InChI=1S/C36H39NO2P.BrH/c1-2-3-4-5-6-7-8-11-20-29-21-16-19-28-34(29)40(30-22-12-9-13-23-30,31-24-14-10-15-25-31)37-35(38)32-26-17-18-27-33(32)36(37)39;/h9-10,12-19,21-28H,2-8,11,20H2,1H3;1H/q+1;/p-1. The Balaban J connectivity index is 0.00000387. The number of fused-ring (bicyclic) bond motifs is 1. The molecule has 1 aliphatic heterocycles. The van der Waals surface area contributed by atoms with E-state index in [4.69, 9.17) is 0 Å². The first-order valence-corrected chi connectivity index (χ1v) is 16.5. The van der Waals surface area contributed by atoms with Crippen LogP contribution in [0.4, 0.5) is 0 Å². The summed E-state index contributed by atoms with van der Waals surface area (Å²) < 4.78 is 1.63. The van der Waals surface area contributed by atoms with Crippen LogP contribution in [0.2, 0.25) is 0 Å². The Morgan fingerprint density at radius 3 is 1.51 bits per heavy atom. The number of nitrogens with zero attached hydrogens (tertiary/aromatic N) is 1. The quantitative estimate of drug-likeness (QED) is 0.120. The molecule has 1 aliphatic rings. The largest absolute Gasteiger partial charge is 1.00 e. The van der Waals surface area contributed by atoms with Gasteiger partial charge in [0.15, 0.2) is 0 Å². The minimum absolute atomic E-state index is 0. The molecule has 0 atom stereocenters. The molecule has 4 aromatic carbocycles. The Kier molecular flexibility index (Phi) is 11.1. The van der Waals surface area contributed by atoms with E-state index in [0.717, 1.165) is 28.8 Å². The Morgan fingerprint density at radius 2 is 0.976 bits per heavy atom. The van der Waals surface area contributed by atoms with Crippen LogP contribution >= 0.6 is 7.41 Å². The molecule has 0 unspecified atom stereocenters. The van der Waals surface area contributed by atoms with Crippen molar-refractivity contribution in [3.63, 3.8) is 0 Å². The second-order valence-corrected chi connectivity index (χ2v) is 13.8. The third-order valence-electron chi connectivity index (χ3n) is 7.97. The predicted molar refractivity (Wildman–Crippen MR) is 168 cm³/mol. The second kappa shape index (κ2) is 14.7. The van der Waals surface area contributed by atoms with E-state index >= 15 is 0 Å². The lowest BCUT2D eigenvalue weighted by Crippen LogP contribution is -3.00. The molecule has 2 amide bonds. The molecule has 0 aromatic heterocycles. The van der Waals surface area contributed by atoms with E-state index in [2.05, 4.69) is 55.5 Å². The lowest BCUT2D eigenvalue weighted by Gasteiger charge is -2.33. The van der Waals surface area contributed by atoms with Crippen molar-refractivity contribution in [1.82, 2.24) is 4.67 Å². The number of aryl methyl sites for hydroxylation is 1. The van der Waals surface area contributed by atoms with Crippen LogP contribution in [0.1, 0.15) is 84.6 Å². The molecule has 0 radical (unpaired) electrons. The molecular formula is C36H39BrNO2P. The first-order valence-electron chi connectivity index (χ1n) is 14.8. The number of carbonyl (C=O) groups excluding carboxylic acids is 2. The monoisotopic (exact) mass is 627 g/mol. The van der Waals surface area contributed by atoms with E-state index in [0.29, 0.717) is 11.1 Å². The van der Waals surface area contributed by atoms with Gasteiger partial charge in [0.1, 0.15) is 15.9 Å². The fraction of sp³-hybridized carbons (Fsp3) is 0.278. The Bertz CT molecular complexity index is 1370. The van der Waals surface area contributed by atoms with Crippen molar-refractivity contribution in [1.29, 1.82) is 0 Å². The number of rotatable bonds is 13. The Labute approximate surface area is 256 Å². The third-order valence-corrected chi connectivity index (χ3v) is 12.2. The fourth-order valence-electron chi connectivity index (χ4n) is 5.99. The number of unbranched alkanes of at least 4 members (excludes halogenated alkanes) is 7. The molecule has 0 fully saturated rings. The van der Waals surface area contributed by atoms with E-state index in [1.54, 1.807) is 16.8 Å². The van der Waals surface area contributed by atoms with Gasteiger partial charge in [-0.3, -0.25) is 9.59 Å². The van der Waals surface area contributed by atoms with Crippen LogP contribution in [0.5, 0.6) is 0 Å². The van der Waals surface area contributed by atoms with Gasteiger partial charge in [0.25, 0.3) is 11.8 Å². The summed E-state index contributed by atoms with van der Waals surface area (Å²) in [6.45, 7) is 2.26. The maximum Gasteiger partial charge on any atom is 0.294 e. The topological polar surface area (TPSA) is 37.4 Å². The van der Waals surface area contributed by atoms with Crippen molar-refractivity contribution in [3.8, 4) is 0 Å². The number of hydrogen-bond donors (Lipinski definition) is 0. The smallest absolute Gasteiger partial charge is 0.294 e. The molecule has 41 heavy (non-hydrogen) atoms. The van der Waals surface area contributed by atoms with Gasteiger partial charge < -0.3 is 17.0 Å². The first kappa shape index (κ1) is 30.9. The van der Waals surface area contributed by atoms with Crippen molar-refractivity contribution in [3.05, 3.63) is 126 Å². The Hall–Kier alpha value is -3.07. The van der Waals surface area contributed by atoms with E-state index in [1.165, 1.54) is 50.5 Å². The molecule has 0 bridgehead atoms. The maximum absolute atomic E-state index is 14.2. The zero-order valence-corrected chi connectivity index (χ0v) is 26.3. The average molecular weight is 629 g/mol. The molecule has 4 aromatic rings. The van der Waals surface area contributed by atoms with Gasteiger partial charge >= 0.3 is 0 Å². The molecule has 0 saturated carbocycles. The molecule has 5 heteroatoms. The van der Waals surface area contributed by atoms with Gasteiger partial charge in [0, 0.05) is 0 Å². The first-order chi connectivity index (χ1) is 19.7. The summed E-state index contributed by atoms with van der Waals surface area (Å²) >= 11 is 0. The van der Waals surface area contributed by atoms with Gasteiger partial charge in [-0.25, -0.2) is 0 Å². The number of halogens is 1. The van der Waals surface area contributed by atoms with Crippen LogP contribution in [-0.4, -0.2) is 16.5 Å². The van der Waals surface area contributed by atoms with E-state index in [-0.39, 0.29) is 28.8 Å². The highest BCUT2D eigenvalue weighted by Gasteiger charge is 2.61. The zero-order valence-electron chi connectivity index (χ0n) is 23.8. The number of benzene rings is 4. The van der Waals surface area contributed by atoms with Gasteiger partial charge in [0.2, 0.25) is 7.41 Å². The molecule has 3 nitrogen and oxygen atoms in total. The number of carbonyl (C=O) groups is 2. The van der Waals surface area contributed by atoms with Gasteiger partial charge in [-0.2, -0.15) is 0 Å². The van der Waals surface area contributed by atoms with Crippen LogP contribution in [0.25, 0.3) is 0 Å². The third kappa shape index (κ3) is 6.25. The molecule has 0 N–H and O–H groups in total. The second-order valence-electron chi connectivity index (χ2n) is 10.6. The van der Waals surface area contributed by atoms with Crippen LogP contribution in [-0.2, 0) is 6.42 Å². The molecule has 0 saturated heterocycles. The maximum atomic E-state index is 14.2. The van der Waals surface area contributed by atoms with Gasteiger partial charge in [-0.15, -0.1) is 4.67 Å². The van der Waals surface area contributed by atoms with Crippen LogP contribution in [0, 0.1) is 0 Å². The number of amides is 2. The van der Waals surface area contributed by atoms with Gasteiger partial charge in [0.05, 0.1) is 11.1 Å². The highest BCUT2D eigenvalue weighted by molar-refractivity contribution is 7.94. The van der Waals surface area contributed by atoms with Crippen molar-refractivity contribution in [2.75, 3.05) is 0 Å². The molecule has 1 heterocycles. The van der Waals surface area contributed by atoms with Crippen LogP contribution in [0.3, 0.4) is 0 Å². The minimum Gasteiger partial charge on any atom is -1.00 e. The van der Waals surface area contributed by atoms with E-state index in [1.807, 2.05) is 48.5 Å². The number of imide groups is 1. The fourth-order valence-corrected chi connectivity index (χ4v) is 10.4. The lowest BCUT2D eigenvalue weighted by molar-refractivity contribution is -0.0000290. The highest BCUT2D eigenvalue weighted by Crippen LogP contribution is 2.61. The summed E-state index contributed by atoms with van der Waals surface area (Å²) in [4.78, 5) is 28.5. The van der Waals surface area contributed by atoms with Gasteiger partial charge in [-0.1, -0.05) is 119 Å². The summed E-state index contributed by atoms with van der Waals surface area (Å²) in [6, 6.07) is 36.2. The summed E-state index contributed by atoms with van der Waals surface area (Å²) in [5.41, 5.74) is 2.21. The van der Waals surface area contributed by atoms with E-state index < -0.39 is 7.41 Å². The van der Waals surface area contributed by atoms with E-state index in [9.17, 15) is 9.59 Å². The number of hydrogen-bond acceptors (Lipinski definition) is 2. The van der Waals surface area contributed by atoms with Gasteiger partial charge in [-0.05, 0) is 60.9 Å². The minimum atomic E-state index is -2.87. The SMILES string of the molecule is CCCCCCCCCCc1ccccc1[P+](c1ccccc1)(c1ccccc1)N1C(=O)c2ccccc2C1=O.[Br-]. The van der Waals surface area contributed by atoms with Crippen molar-refractivity contribution in [2.24, 2.45) is 0 Å². The zero-order chi connectivity index (χ0) is 27.8. The summed E-state index contributed by atoms with van der Waals surface area (Å²) in [7, 11) is -2.87. The molecule has 212 valence electrons. The lowest BCUT2D eigenvalue weighted by atomic mass is 10.0. The van der Waals surface area contributed by atoms with Crippen molar-refractivity contribution >= 4 is 35.1 Å². The molecule has 0 spiro atoms. The summed E-state index contributed by atoms with van der Waals surface area (Å²) in [5, 5.41) is 3.13. The normalized spacial score (nSPS) is 12.8. The summed E-state index contributed by atoms with van der Waals surface area (Å²) in [5.74, 6) is -0.410. The predicted octanol–water partition coefficient (Wildman–Crippen LogP) is 4.88. The Morgan fingerprint density at radius 1 is 0.537 bits per heavy atom. The van der Waals surface area contributed by atoms with Crippen molar-refractivity contribution < 1.29 is 26.6 Å². The highest BCUT2D eigenvalue weighted by atomic mass is 79.9. The van der Waals surface area contributed by atoms with Crippen LogP contribution < -0.4 is 32.9 Å². The summed E-state index contributed by atoms with van der Waals surface area (Å²) in [6.07, 6.45) is 11.0.